The molecule has 3 aromatic heterocycles. The molecule has 0 saturated carbocycles. The van der Waals surface area contributed by atoms with Gasteiger partial charge in [0.2, 0.25) is 5.95 Å². The van der Waals surface area contributed by atoms with E-state index in [9.17, 15) is 18.0 Å². The van der Waals surface area contributed by atoms with Crippen LogP contribution in [0.3, 0.4) is 0 Å². The maximum absolute atomic E-state index is 13.5. The second kappa shape index (κ2) is 11.0. The number of likely N-dealkylation sites (N-methyl/N-ethyl adjacent to an activating group) is 1. The Labute approximate surface area is 235 Å². The number of carbonyl (C=O) groups excluding carboxylic acids is 1. The molecule has 0 radical (unpaired) electrons. The number of hydrogen-bond donors (Lipinski definition) is 2. The maximum atomic E-state index is 13.5. The summed E-state index contributed by atoms with van der Waals surface area (Å²) in [5.74, 6) is -0.112. The third kappa shape index (κ3) is 6.91. The number of hydrogen-bond acceptors (Lipinski definition) is 7. The van der Waals surface area contributed by atoms with Crippen LogP contribution in [-0.4, -0.2) is 66.6 Å². The molecule has 0 aliphatic carbocycles. The van der Waals surface area contributed by atoms with Crippen molar-refractivity contribution in [2.75, 3.05) is 25.5 Å². The van der Waals surface area contributed by atoms with Gasteiger partial charge in [-0.15, -0.1) is 0 Å². The van der Waals surface area contributed by atoms with E-state index < -0.39 is 18.5 Å². The molecule has 1 saturated heterocycles. The molecule has 0 unspecified atom stereocenters. The largest absolute Gasteiger partial charge is 0.393 e. The molecule has 10 nitrogen and oxygen atoms in total. The summed E-state index contributed by atoms with van der Waals surface area (Å²) in [5.41, 5.74) is 2.13. The molecule has 0 atom stereocenters. The van der Waals surface area contributed by atoms with Crippen LogP contribution in [-0.2, 0) is 18.5 Å². The van der Waals surface area contributed by atoms with Crippen molar-refractivity contribution >= 4 is 17.5 Å². The van der Waals surface area contributed by atoms with Crippen molar-refractivity contribution in [3.63, 3.8) is 0 Å². The van der Waals surface area contributed by atoms with Gasteiger partial charge in [-0.3, -0.25) is 14.2 Å². The van der Waals surface area contributed by atoms with E-state index in [4.69, 9.17) is 0 Å². The molecule has 2 N–H and O–H groups in total. The predicted octanol–water partition coefficient (Wildman–Crippen LogP) is 4.56. The van der Waals surface area contributed by atoms with Gasteiger partial charge >= 0.3 is 6.18 Å². The topological polar surface area (TPSA) is 106 Å². The van der Waals surface area contributed by atoms with Gasteiger partial charge in [0.05, 0.1) is 47.3 Å². The van der Waals surface area contributed by atoms with E-state index >= 15 is 0 Å². The van der Waals surface area contributed by atoms with Crippen LogP contribution >= 0.6 is 0 Å². The number of halogens is 3. The van der Waals surface area contributed by atoms with Gasteiger partial charge in [-0.25, -0.2) is 9.97 Å². The minimum Gasteiger partial charge on any atom is -0.348 e. The Hall–Kier alpha value is -4.26. The monoisotopic (exact) mass is 567 g/mol. The van der Waals surface area contributed by atoms with Crippen LogP contribution in [0.15, 0.2) is 55.2 Å². The number of benzene rings is 1. The highest BCUT2D eigenvalue weighted by atomic mass is 19.4. The van der Waals surface area contributed by atoms with Crippen LogP contribution in [0.1, 0.15) is 48.3 Å². The van der Waals surface area contributed by atoms with Crippen LogP contribution in [0.5, 0.6) is 0 Å². The first-order valence-corrected chi connectivity index (χ1v) is 13.2. The molecule has 1 fully saturated rings. The van der Waals surface area contributed by atoms with E-state index in [2.05, 4.69) is 35.7 Å². The summed E-state index contributed by atoms with van der Waals surface area (Å²) in [6.07, 6.45) is 2.61. The molecule has 13 heteroatoms. The number of likely N-dealkylation sites (tertiary alicyclic amines) is 1. The van der Waals surface area contributed by atoms with Crippen LogP contribution in [0.25, 0.3) is 11.3 Å². The SMILES string of the molecule is CN1CC(n2cc(Nc3nccc(-c4ccc(CNC(=O)c5cnn(C(C)(C)C)c5)c(CC(F)(F)F)c4)n3)cn2)C1. The third-order valence-electron chi connectivity index (χ3n) is 6.80. The minimum absolute atomic E-state index is 0.0561. The number of amides is 1. The lowest BCUT2D eigenvalue weighted by atomic mass is 9.99. The van der Waals surface area contributed by atoms with Gasteiger partial charge in [0.15, 0.2) is 0 Å². The van der Waals surface area contributed by atoms with E-state index in [0.29, 0.717) is 40.1 Å². The first-order chi connectivity index (χ1) is 19.3. The Morgan fingerprint density at radius 1 is 1.05 bits per heavy atom. The zero-order valence-corrected chi connectivity index (χ0v) is 23.3. The van der Waals surface area contributed by atoms with Crippen molar-refractivity contribution in [2.24, 2.45) is 0 Å². The highest BCUT2D eigenvalue weighted by molar-refractivity contribution is 5.93. The average molecular weight is 568 g/mol. The predicted molar refractivity (Wildman–Crippen MR) is 148 cm³/mol. The number of aromatic nitrogens is 6. The van der Waals surface area contributed by atoms with E-state index in [1.807, 2.05) is 38.7 Å². The summed E-state index contributed by atoms with van der Waals surface area (Å²) < 4.78 is 44.1. The van der Waals surface area contributed by atoms with Gasteiger partial charge < -0.3 is 15.5 Å². The summed E-state index contributed by atoms with van der Waals surface area (Å²) in [5, 5.41) is 14.4. The summed E-state index contributed by atoms with van der Waals surface area (Å²) in [7, 11) is 2.05. The third-order valence-corrected chi connectivity index (χ3v) is 6.80. The lowest BCUT2D eigenvalue weighted by Gasteiger charge is -2.36. The molecular formula is C28H32F3N9O. The summed E-state index contributed by atoms with van der Waals surface area (Å²) in [6.45, 7) is 7.64. The normalized spacial score (nSPS) is 14.6. The number of carbonyl (C=O) groups is 1. The van der Waals surface area contributed by atoms with Gasteiger partial charge in [-0.2, -0.15) is 23.4 Å². The number of rotatable bonds is 8. The molecule has 4 aromatic rings. The van der Waals surface area contributed by atoms with Crippen LogP contribution < -0.4 is 10.6 Å². The van der Waals surface area contributed by atoms with Gasteiger partial charge in [-0.1, -0.05) is 12.1 Å². The van der Waals surface area contributed by atoms with Crippen LogP contribution in [0.4, 0.5) is 24.8 Å². The van der Waals surface area contributed by atoms with Crippen molar-refractivity contribution in [2.45, 2.75) is 51.5 Å². The lowest BCUT2D eigenvalue weighted by molar-refractivity contribution is -0.127. The maximum Gasteiger partial charge on any atom is 0.393 e. The molecule has 216 valence electrons. The quantitative estimate of drug-likeness (QED) is 0.322. The Kier molecular flexibility index (Phi) is 7.56. The van der Waals surface area contributed by atoms with E-state index in [-0.39, 0.29) is 17.6 Å². The smallest absolute Gasteiger partial charge is 0.348 e. The van der Waals surface area contributed by atoms with Crippen molar-refractivity contribution in [1.29, 1.82) is 0 Å². The first kappa shape index (κ1) is 28.3. The average Bonchev–Trinajstić information content (AvgIpc) is 3.55. The summed E-state index contributed by atoms with van der Waals surface area (Å²) >= 11 is 0. The number of alkyl halides is 3. The molecule has 1 aliphatic heterocycles. The van der Waals surface area contributed by atoms with Crippen molar-refractivity contribution in [3.8, 4) is 11.3 Å². The van der Waals surface area contributed by atoms with E-state index in [0.717, 1.165) is 13.1 Å². The summed E-state index contributed by atoms with van der Waals surface area (Å²) in [6, 6.07) is 6.70. The molecule has 1 aromatic carbocycles. The van der Waals surface area contributed by atoms with Gasteiger partial charge in [0.25, 0.3) is 5.91 Å². The zero-order chi connectivity index (χ0) is 29.4. The first-order valence-electron chi connectivity index (χ1n) is 13.2. The highest BCUT2D eigenvalue weighted by Gasteiger charge is 2.29. The zero-order valence-electron chi connectivity index (χ0n) is 23.3. The number of nitrogens with one attached hydrogen (secondary N) is 2. The molecule has 4 heterocycles. The molecule has 0 bridgehead atoms. The lowest BCUT2D eigenvalue weighted by Crippen LogP contribution is -2.45. The van der Waals surface area contributed by atoms with Gasteiger partial charge in [0.1, 0.15) is 0 Å². The van der Waals surface area contributed by atoms with E-state index in [1.165, 1.54) is 12.3 Å². The second-order valence-electron chi connectivity index (χ2n) is 11.3. The molecule has 5 rings (SSSR count). The fraction of sp³-hybridized carbons (Fsp3) is 0.393. The van der Waals surface area contributed by atoms with Crippen molar-refractivity contribution in [3.05, 3.63) is 71.9 Å². The minimum atomic E-state index is -4.43. The fourth-order valence-electron chi connectivity index (χ4n) is 4.57. The Morgan fingerprint density at radius 2 is 1.83 bits per heavy atom. The molecule has 1 aliphatic rings. The highest BCUT2D eigenvalue weighted by Crippen LogP contribution is 2.28. The van der Waals surface area contributed by atoms with E-state index in [1.54, 1.807) is 41.5 Å². The summed E-state index contributed by atoms with van der Waals surface area (Å²) in [4.78, 5) is 23.6. The second-order valence-corrected chi connectivity index (χ2v) is 11.3. The van der Waals surface area contributed by atoms with Crippen LogP contribution in [0, 0.1) is 0 Å². The Morgan fingerprint density at radius 3 is 2.51 bits per heavy atom. The Bertz CT molecular complexity index is 1530. The number of anilines is 2. The Balaban J connectivity index is 1.32. The van der Waals surface area contributed by atoms with Crippen molar-refractivity contribution < 1.29 is 18.0 Å². The molecule has 1 amide bonds. The standard InChI is InChI=1S/C28H32F3N9O/c1-27(2,3)40-14-21(12-35-40)25(41)33-11-19-6-5-18(9-20(19)10-28(29,30)31)24-7-8-32-26(37-24)36-22-13-34-39(15-22)23-16-38(4)17-23/h5-9,12-15,23H,10-11,16-17H2,1-4H3,(H,33,41)(H,32,36,37). The van der Waals surface area contributed by atoms with Gasteiger partial charge in [-0.05, 0) is 51.1 Å². The fourth-order valence-corrected chi connectivity index (χ4v) is 4.57. The molecule has 0 spiro atoms. The van der Waals surface area contributed by atoms with Crippen molar-refractivity contribution in [1.82, 2.24) is 39.7 Å². The molecular weight excluding hydrogens is 535 g/mol. The number of nitrogens with zero attached hydrogens (tertiary/aromatic N) is 7. The molecule has 41 heavy (non-hydrogen) atoms. The van der Waals surface area contributed by atoms with Gasteiger partial charge in [0, 0.05) is 43.8 Å². The van der Waals surface area contributed by atoms with Crippen LogP contribution in [0.2, 0.25) is 0 Å².